The van der Waals surface area contributed by atoms with Gasteiger partial charge in [0, 0.05) is 36.4 Å². The maximum Gasteiger partial charge on any atom is 0.269 e. The lowest BCUT2D eigenvalue weighted by Crippen LogP contribution is -1.89. The Morgan fingerprint density at radius 2 is 0.882 bits per heavy atom. The van der Waals surface area contributed by atoms with Crippen LogP contribution in [0.25, 0.3) is 0 Å². The van der Waals surface area contributed by atoms with Crippen molar-refractivity contribution in [2.75, 3.05) is 0 Å². The van der Waals surface area contributed by atoms with Crippen molar-refractivity contribution in [1.82, 2.24) is 0 Å². The second-order valence-corrected chi connectivity index (χ2v) is 6.79. The van der Waals surface area contributed by atoms with Crippen LogP contribution in [0.15, 0.2) is 66.7 Å². The van der Waals surface area contributed by atoms with Crippen LogP contribution in [0.2, 0.25) is 0 Å². The van der Waals surface area contributed by atoms with E-state index in [1.165, 1.54) is 18.2 Å². The Hall–Kier alpha value is -4.14. The van der Waals surface area contributed by atoms with Gasteiger partial charge in [-0.05, 0) is 44.4 Å². The van der Waals surface area contributed by atoms with Crippen LogP contribution in [-0.2, 0) is 0 Å². The van der Waals surface area contributed by atoms with E-state index in [1.807, 2.05) is 39.8 Å². The summed E-state index contributed by atoms with van der Waals surface area (Å²) in [6, 6.07) is 18.0. The molecule has 0 saturated heterocycles. The number of benzene rings is 3. The lowest BCUT2D eigenvalue weighted by atomic mass is 10.1. The van der Waals surface area contributed by atoms with Gasteiger partial charge in [-0.1, -0.05) is 58.2 Å². The van der Waals surface area contributed by atoms with Gasteiger partial charge in [0.25, 0.3) is 17.1 Å². The number of hydrogen-bond donors (Lipinski definition) is 0. The van der Waals surface area contributed by atoms with Crippen LogP contribution < -0.4 is 0 Å². The van der Waals surface area contributed by atoms with Crippen molar-refractivity contribution >= 4 is 17.1 Å². The van der Waals surface area contributed by atoms with E-state index in [4.69, 9.17) is 0 Å². The van der Waals surface area contributed by atoms with Gasteiger partial charge < -0.3 is 0 Å². The third-order valence-electron chi connectivity index (χ3n) is 3.87. The third-order valence-corrected chi connectivity index (χ3v) is 3.87. The molecule has 9 nitrogen and oxygen atoms in total. The molecule has 0 bridgehead atoms. The molecule has 34 heavy (non-hydrogen) atoms. The Labute approximate surface area is 201 Å². The van der Waals surface area contributed by atoms with E-state index in [0.717, 1.165) is 22.3 Å². The van der Waals surface area contributed by atoms with Crippen LogP contribution in [0.5, 0.6) is 0 Å². The van der Waals surface area contributed by atoms with Crippen LogP contribution in [0.4, 0.5) is 17.1 Å². The van der Waals surface area contributed by atoms with Crippen molar-refractivity contribution < 1.29 is 14.8 Å². The second-order valence-electron chi connectivity index (χ2n) is 6.79. The maximum absolute atomic E-state index is 10.3. The minimum absolute atomic E-state index is 0. The fourth-order valence-electron chi connectivity index (χ4n) is 2.46. The highest BCUT2D eigenvalue weighted by Crippen LogP contribution is 2.15. The Morgan fingerprint density at radius 1 is 0.471 bits per heavy atom. The number of nitro benzene ring substituents is 3. The highest BCUT2D eigenvalue weighted by Gasteiger charge is 2.05. The fraction of sp³-hybridized carbons (Fsp3) is 0.280. The predicted octanol–water partition coefficient (Wildman–Crippen LogP) is 7.93. The summed E-state index contributed by atoms with van der Waals surface area (Å²) in [5.41, 5.74) is 4.27. The van der Waals surface area contributed by atoms with Gasteiger partial charge in [0.05, 0.1) is 14.8 Å². The van der Waals surface area contributed by atoms with Crippen molar-refractivity contribution in [3.8, 4) is 0 Å². The SMILES string of the molecule is C.C.C.Cc1cc(C)cc([N+](=O)[O-])c1.Cc1ccc([N+](=O)[O-])cc1.Cc1cccc([N+](=O)[O-])c1. The Bertz CT molecular complexity index is 1050. The van der Waals surface area contributed by atoms with E-state index in [2.05, 4.69) is 0 Å². The smallest absolute Gasteiger partial charge is 0.258 e. The molecule has 0 spiro atoms. The van der Waals surface area contributed by atoms with Gasteiger partial charge in [0.15, 0.2) is 0 Å². The molecule has 3 rings (SSSR count). The molecule has 3 aromatic carbocycles. The van der Waals surface area contributed by atoms with E-state index in [-0.39, 0.29) is 44.3 Å². The fourth-order valence-corrected chi connectivity index (χ4v) is 2.46. The lowest BCUT2D eigenvalue weighted by Gasteiger charge is -1.95. The minimum atomic E-state index is -0.403. The summed E-state index contributed by atoms with van der Waals surface area (Å²) < 4.78 is 0. The minimum Gasteiger partial charge on any atom is -0.258 e. The number of nitrogens with zero attached hydrogens (tertiary/aromatic N) is 3. The summed E-state index contributed by atoms with van der Waals surface area (Å²) in [7, 11) is 0. The highest BCUT2D eigenvalue weighted by atomic mass is 16.6. The normalized spacial score (nSPS) is 8.59. The first-order valence-electron chi connectivity index (χ1n) is 9.14. The molecule has 0 radical (unpaired) electrons. The zero-order valence-electron chi connectivity index (χ0n) is 17.6. The van der Waals surface area contributed by atoms with Crippen molar-refractivity contribution in [2.24, 2.45) is 0 Å². The number of hydrogen-bond acceptors (Lipinski definition) is 6. The van der Waals surface area contributed by atoms with Crippen LogP contribution in [0, 0.1) is 58.0 Å². The second kappa shape index (κ2) is 16.5. The van der Waals surface area contributed by atoms with E-state index in [9.17, 15) is 30.3 Å². The molecule has 186 valence electrons. The molecule has 9 heteroatoms. The summed E-state index contributed by atoms with van der Waals surface area (Å²) in [5.74, 6) is 0. The Kier molecular flexibility index (Phi) is 16.7. The van der Waals surface area contributed by atoms with Gasteiger partial charge in [-0.2, -0.15) is 0 Å². The molecule has 0 aliphatic heterocycles. The summed E-state index contributed by atoms with van der Waals surface area (Å²) >= 11 is 0. The van der Waals surface area contributed by atoms with Gasteiger partial charge in [-0.25, -0.2) is 0 Å². The van der Waals surface area contributed by atoms with Crippen molar-refractivity contribution in [3.63, 3.8) is 0 Å². The molecule has 3 aromatic rings. The van der Waals surface area contributed by atoms with E-state index >= 15 is 0 Å². The molecule has 0 aliphatic rings. The predicted molar refractivity (Wildman–Crippen MR) is 138 cm³/mol. The Balaban J connectivity index is -0.000000407. The monoisotopic (exact) mass is 473 g/mol. The summed E-state index contributed by atoms with van der Waals surface area (Å²) in [6.45, 7) is 7.41. The van der Waals surface area contributed by atoms with Crippen molar-refractivity contribution in [1.29, 1.82) is 0 Å². The number of aryl methyl sites for hydroxylation is 4. The first kappa shape index (κ1) is 34.5. The molecule has 0 aliphatic carbocycles. The van der Waals surface area contributed by atoms with Crippen LogP contribution in [-0.4, -0.2) is 14.8 Å². The van der Waals surface area contributed by atoms with E-state index in [1.54, 1.807) is 36.4 Å². The van der Waals surface area contributed by atoms with E-state index < -0.39 is 9.85 Å². The average Bonchev–Trinajstić information content (AvgIpc) is 2.68. The summed E-state index contributed by atoms with van der Waals surface area (Å²) in [6.07, 6.45) is 0. The molecule has 0 atom stereocenters. The average molecular weight is 474 g/mol. The maximum atomic E-state index is 10.3. The molecular weight excluding hydrogens is 438 g/mol. The summed E-state index contributed by atoms with van der Waals surface area (Å²) in [5, 5.41) is 30.6. The Morgan fingerprint density at radius 3 is 1.24 bits per heavy atom. The first-order valence-corrected chi connectivity index (χ1v) is 9.14. The molecular formula is C25H35N3O6. The molecule has 0 aromatic heterocycles. The van der Waals surface area contributed by atoms with Crippen molar-refractivity contribution in [3.05, 3.63) is 119 Å². The van der Waals surface area contributed by atoms with E-state index in [0.29, 0.717) is 0 Å². The van der Waals surface area contributed by atoms with Crippen LogP contribution in [0.3, 0.4) is 0 Å². The van der Waals surface area contributed by atoms with Crippen LogP contribution in [0.1, 0.15) is 44.5 Å². The number of non-ortho nitro benzene ring substituents is 3. The molecule has 0 heterocycles. The quantitative estimate of drug-likeness (QED) is 0.280. The topological polar surface area (TPSA) is 129 Å². The third kappa shape index (κ3) is 12.7. The number of nitro groups is 3. The summed E-state index contributed by atoms with van der Waals surface area (Å²) in [4.78, 5) is 29.4. The largest absolute Gasteiger partial charge is 0.269 e. The van der Waals surface area contributed by atoms with Gasteiger partial charge in [-0.3, -0.25) is 30.3 Å². The standard InChI is InChI=1S/C8H9NO2.2C7H7NO2.3CH4/c1-6-3-7(2)5-8(4-6)9(10)11;1-6-2-4-7(5-3-6)8(9)10;1-6-3-2-4-7(5-6)8(9)10;;;/h3-5H,1-2H3;2*2-5H,1H3;3*1H4. The van der Waals surface area contributed by atoms with Gasteiger partial charge in [0.2, 0.25) is 0 Å². The highest BCUT2D eigenvalue weighted by molar-refractivity contribution is 5.38. The number of rotatable bonds is 3. The first-order chi connectivity index (χ1) is 14.5. The van der Waals surface area contributed by atoms with Gasteiger partial charge in [0.1, 0.15) is 0 Å². The molecule has 0 N–H and O–H groups in total. The molecule has 0 saturated carbocycles. The molecule has 0 unspecified atom stereocenters. The van der Waals surface area contributed by atoms with Crippen molar-refractivity contribution in [2.45, 2.75) is 50.0 Å². The zero-order chi connectivity index (χ0) is 23.6. The van der Waals surface area contributed by atoms with Gasteiger partial charge >= 0.3 is 0 Å². The molecule has 0 fully saturated rings. The van der Waals surface area contributed by atoms with Crippen LogP contribution >= 0.6 is 0 Å². The molecule has 0 amide bonds. The van der Waals surface area contributed by atoms with Gasteiger partial charge in [-0.15, -0.1) is 0 Å². The zero-order valence-corrected chi connectivity index (χ0v) is 17.6. The lowest BCUT2D eigenvalue weighted by molar-refractivity contribution is -0.385.